The number of hydrogen-bond acceptors (Lipinski definition) is 5. The number of carbonyl (C=O) groups excluding carboxylic acids is 1. The summed E-state index contributed by atoms with van der Waals surface area (Å²) in [5, 5.41) is 2.42. The molecular weight excluding hydrogens is 546 g/mol. The average Bonchev–Trinajstić information content (AvgIpc) is 3.12. The van der Waals surface area contributed by atoms with Crippen molar-refractivity contribution in [3.05, 3.63) is 87.2 Å². The summed E-state index contributed by atoms with van der Waals surface area (Å²) in [6.07, 6.45) is 0. The van der Waals surface area contributed by atoms with Crippen LogP contribution in [0.25, 0.3) is 16.9 Å². The molecule has 204 valence electrons. The molecule has 1 heterocycles. The van der Waals surface area contributed by atoms with Crippen molar-refractivity contribution < 1.29 is 36.6 Å². The number of nitrogens with one attached hydrogen (secondary N) is 1. The van der Waals surface area contributed by atoms with Crippen LogP contribution in [-0.2, 0) is 7.05 Å². The Kier molecular flexibility index (Phi) is 7.86. The van der Waals surface area contributed by atoms with E-state index in [2.05, 4.69) is 10.1 Å². The number of anilines is 1. The van der Waals surface area contributed by atoms with E-state index in [4.69, 9.17) is 21.1 Å². The molecule has 1 amide bonds. The highest BCUT2D eigenvalue weighted by molar-refractivity contribution is 6.33. The van der Waals surface area contributed by atoms with Gasteiger partial charge >= 0.3 is 6.61 Å². The van der Waals surface area contributed by atoms with E-state index < -0.39 is 41.0 Å². The van der Waals surface area contributed by atoms with Gasteiger partial charge in [0.2, 0.25) is 0 Å². The molecule has 8 nitrogen and oxygen atoms in total. The maximum absolute atomic E-state index is 15.2. The van der Waals surface area contributed by atoms with Crippen LogP contribution in [0.4, 0.5) is 23.2 Å². The quantitative estimate of drug-likeness (QED) is 0.279. The zero-order valence-electron chi connectivity index (χ0n) is 20.6. The minimum absolute atomic E-state index is 0.0254. The Morgan fingerprint density at radius 2 is 1.62 bits per heavy atom. The Morgan fingerprint density at radius 1 is 0.974 bits per heavy atom. The number of alkyl halides is 2. The van der Waals surface area contributed by atoms with Crippen molar-refractivity contribution in [3.63, 3.8) is 0 Å². The number of carbonyl (C=O) groups is 1. The van der Waals surface area contributed by atoms with Crippen LogP contribution >= 0.6 is 11.6 Å². The van der Waals surface area contributed by atoms with E-state index in [1.54, 1.807) is 12.1 Å². The lowest BCUT2D eigenvalue weighted by molar-refractivity contribution is -0.0498. The average molecular weight is 566 g/mol. The van der Waals surface area contributed by atoms with Gasteiger partial charge in [-0.15, -0.1) is 0 Å². The third-order valence-electron chi connectivity index (χ3n) is 5.73. The molecule has 1 N–H and O–H groups in total. The Balaban J connectivity index is 1.91. The van der Waals surface area contributed by atoms with Crippen molar-refractivity contribution in [1.82, 2.24) is 9.36 Å². The molecule has 0 aliphatic rings. The molecule has 0 saturated heterocycles. The first-order chi connectivity index (χ1) is 18.6. The first-order valence-electron chi connectivity index (χ1n) is 11.1. The molecule has 4 aromatic rings. The molecule has 4 rings (SSSR count). The summed E-state index contributed by atoms with van der Waals surface area (Å²) in [6, 6.07) is 11.0. The molecule has 3 aromatic carbocycles. The largest absolute Gasteiger partial charge is 0.497 e. The Bertz CT molecular complexity index is 1580. The number of benzene rings is 3. The topological polar surface area (TPSA) is 83.7 Å². The Morgan fingerprint density at radius 3 is 2.18 bits per heavy atom. The summed E-state index contributed by atoms with van der Waals surface area (Å²) in [4.78, 5) is 26.7. The van der Waals surface area contributed by atoms with Crippen molar-refractivity contribution in [3.8, 4) is 34.2 Å². The predicted octanol–water partition coefficient (Wildman–Crippen LogP) is 5.65. The second-order valence-corrected chi connectivity index (χ2v) is 8.36. The zero-order valence-corrected chi connectivity index (χ0v) is 21.4. The number of aromatic nitrogens is 2. The molecule has 0 aliphatic carbocycles. The highest BCUT2D eigenvalue weighted by Crippen LogP contribution is 2.36. The summed E-state index contributed by atoms with van der Waals surface area (Å²) < 4.78 is 71.9. The van der Waals surface area contributed by atoms with E-state index in [0.29, 0.717) is 0 Å². The molecule has 0 radical (unpaired) electrons. The maximum atomic E-state index is 15.2. The summed E-state index contributed by atoms with van der Waals surface area (Å²) in [5.74, 6) is -3.08. The normalized spacial score (nSPS) is 11.0. The van der Waals surface area contributed by atoms with Gasteiger partial charge in [0.25, 0.3) is 11.5 Å². The highest BCUT2D eigenvalue weighted by atomic mass is 35.5. The first-order valence-corrected chi connectivity index (χ1v) is 11.5. The summed E-state index contributed by atoms with van der Waals surface area (Å²) in [5.41, 5.74) is -2.23. The summed E-state index contributed by atoms with van der Waals surface area (Å²) >= 11 is 6.43. The minimum Gasteiger partial charge on any atom is -0.497 e. The van der Waals surface area contributed by atoms with Gasteiger partial charge in [-0.25, -0.2) is 13.5 Å². The molecule has 0 saturated carbocycles. The highest BCUT2D eigenvalue weighted by Gasteiger charge is 2.28. The molecule has 0 bridgehead atoms. The van der Waals surface area contributed by atoms with Gasteiger partial charge in [0.15, 0.2) is 0 Å². The molecule has 0 atom stereocenters. The molecule has 39 heavy (non-hydrogen) atoms. The summed E-state index contributed by atoms with van der Waals surface area (Å²) in [6.45, 7) is -3.06. The SMILES string of the molecule is COc1cc(F)c(-c2c(NC(=O)c3ccc(OC(F)F)cc3)c(=O)n(-c3cccc(OC)c3Cl)n2C)c(F)c1. The lowest BCUT2D eigenvalue weighted by Gasteiger charge is -2.14. The van der Waals surface area contributed by atoms with Crippen LogP contribution in [0.5, 0.6) is 17.2 Å². The lowest BCUT2D eigenvalue weighted by atomic mass is 10.1. The zero-order chi connectivity index (χ0) is 28.4. The molecule has 13 heteroatoms. The second kappa shape index (κ2) is 11.1. The Hall–Kier alpha value is -4.45. The van der Waals surface area contributed by atoms with Gasteiger partial charge < -0.3 is 19.5 Å². The fourth-order valence-electron chi connectivity index (χ4n) is 3.96. The van der Waals surface area contributed by atoms with Crippen LogP contribution in [0.1, 0.15) is 10.4 Å². The van der Waals surface area contributed by atoms with Gasteiger partial charge in [-0.2, -0.15) is 8.78 Å². The van der Waals surface area contributed by atoms with Crippen LogP contribution in [0.3, 0.4) is 0 Å². The molecule has 0 aliphatic heterocycles. The smallest absolute Gasteiger partial charge is 0.387 e. The van der Waals surface area contributed by atoms with Gasteiger partial charge in [0.05, 0.1) is 25.5 Å². The van der Waals surface area contributed by atoms with E-state index in [0.717, 1.165) is 33.6 Å². The van der Waals surface area contributed by atoms with Crippen LogP contribution in [0, 0.1) is 11.6 Å². The van der Waals surface area contributed by atoms with Crippen LogP contribution < -0.4 is 25.1 Å². The third kappa shape index (κ3) is 5.28. The summed E-state index contributed by atoms with van der Waals surface area (Å²) in [7, 11) is 3.95. The fraction of sp³-hybridized carbons (Fsp3) is 0.154. The van der Waals surface area contributed by atoms with Crippen molar-refractivity contribution in [2.75, 3.05) is 19.5 Å². The molecule has 0 spiro atoms. The number of halogens is 5. The predicted molar refractivity (Wildman–Crippen MR) is 136 cm³/mol. The number of amides is 1. The van der Waals surface area contributed by atoms with Crippen molar-refractivity contribution in [1.29, 1.82) is 0 Å². The van der Waals surface area contributed by atoms with E-state index in [1.807, 2.05) is 0 Å². The van der Waals surface area contributed by atoms with Gasteiger partial charge in [-0.1, -0.05) is 17.7 Å². The lowest BCUT2D eigenvalue weighted by Crippen LogP contribution is -2.23. The Labute approximate surface area is 223 Å². The van der Waals surface area contributed by atoms with Gasteiger partial charge in [0.1, 0.15) is 45.3 Å². The fourth-order valence-corrected chi connectivity index (χ4v) is 4.25. The number of rotatable bonds is 8. The minimum atomic E-state index is -3.06. The number of methoxy groups -OCH3 is 2. The maximum Gasteiger partial charge on any atom is 0.387 e. The van der Waals surface area contributed by atoms with E-state index >= 15 is 8.78 Å². The molecule has 1 aromatic heterocycles. The van der Waals surface area contributed by atoms with E-state index in [9.17, 15) is 18.4 Å². The number of hydrogen-bond donors (Lipinski definition) is 1. The monoisotopic (exact) mass is 565 g/mol. The first kappa shape index (κ1) is 27.6. The second-order valence-electron chi connectivity index (χ2n) is 7.98. The van der Waals surface area contributed by atoms with Gasteiger partial charge in [-0.3, -0.25) is 14.3 Å². The third-order valence-corrected chi connectivity index (χ3v) is 6.11. The van der Waals surface area contributed by atoms with Crippen LogP contribution in [0.2, 0.25) is 5.02 Å². The van der Waals surface area contributed by atoms with Gasteiger partial charge in [-0.05, 0) is 36.4 Å². The van der Waals surface area contributed by atoms with E-state index in [-0.39, 0.29) is 39.2 Å². The molecule has 0 unspecified atom stereocenters. The molecular formula is C26H20ClF4N3O5. The number of nitrogens with zero attached hydrogens (tertiary/aromatic N) is 2. The molecule has 0 fully saturated rings. The van der Waals surface area contributed by atoms with Crippen molar-refractivity contribution >= 4 is 23.2 Å². The van der Waals surface area contributed by atoms with Crippen molar-refractivity contribution in [2.24, 2.45) is 7.05 Å². The van der Waals surface area contributed by atoms with Crippen molar-refractivity contribution in [2.45, 2.75) is 6.61 Å². The van der Waals surface area contributed by atoms with E-state index in [1.165, 1.54) is 39.5 Å². The van der Waals surface area contributed by atoms with Gasteiger partial charge in [0, 0.05) is 24.7 Å². The van der Waals surface area contributed by atoms with Crippen LogP contribution in [-0.4, -0.2) is 36.1 Å². The standard InChI is InChI=1S/C26H20ClF4N3O5/c1-33-23(20-16(28)11-15(37-2)12-17(20)29)22(25(36)34(33)18-5-4-6-19(38-3)21(18)27)32-24(35)13-7-9-14(10-8-13)39-26(30)31/h4-12,26H,1-3H3,(H,32,35). The number of ether oxygens (including phenoxy) is 3. The van der Waals surface area contributed by atoms with Crippen LogP contribution in [0.15, 0.2) is 59.4 Å².